The van der Waals surface area contributed by atoms with Crippen molar-refractivity contribution in [1.29, 1.82) is 0 Å². The summed E-state index contributed by atoms with van der Waals surface area (Å²) in [5.41, 5.74) is 8.85. The van der Waals surface area contributed by atoms with E-state index in [4.69, 9.17) is 10.8 Å². The van der Waals surface area contributed by atoms with Gasteiger partial charge in [-0.1, -0.05) is 24.3 Å². The van der Waals surface area contributed by atoms with Gasteiger partial charge in [-0.25, -0.2) is 4.98 Å². The minimum absolute atomic E-state index is 0.00474. The Bertz CT molecular complexity index is 1130. The Morgan fingerprint density at radius 3 is 2.43 bits per heavy atom. The predicted molar refractivity (Wildman–Crippen MR) is 157 cm³/mol. The Hall–Kier alpha value is -3.00. The summed E-state index contributed by atoms with van der Waals surface area (Å²) < 4.78 is 0. The van der Waals surface area contributed by atoms with Crippen LogP contribution in [0.3, 0.4) is 0 Å². The van der Waals surface area contributed by atoms with E-state index in [1.165, 1.54) is 17.3 Å². The highest BCUT2D eigenvalue weighted by molar-refractivity contribution is 5.91. The van der Waals surface area contributed by atoms with E-state index in [2.05, 4.69) is 39.7 Å². The van der Waals surface area contributed by atoms with Gasteiger partial charge < -0.3 is 41.7 Å². The van der Waals surface area contributed by atoms with Gasteiger partial charge in [0.2, 0.25) is 5.91 Å². The standard InChI is InChI=1S/C30H46N6O6/c1-20-4-2-3-5-23(20)14-22(15-24-28(30(31)42)35-11-10-34-24)17-33-16-21-7-12-36(13-8-21)27(40)6-9-32-18-25(38)29(41)26(39)19-37/h2-5,10-11,21-22,25-26,29,32-33,37-39,41H,6-9,12-19H2,1H3,(H2,31,42)/t22-,25+,26-,29-/m1/s1. The van der Waals surface area contributed by atoms with Gasteiger partial charge in [0.1, 0.15) is 17.9 Å². The highest BCUT2D eigenvalue weighted by Gasteiger charge is 2.25. The average molecular weight is 587 g/mol. The van der Waals surface area contributed by atoms with Crippen LogP contribution >= 0.6 is 0 Å². The molecule has 42 heavy (non-hydrogen) atoms. The monoisotopic (exact) mass is 586 g/mol. The second kappa shape index (κ2) is 17.2. The minimum atomic E-state index is -1.46. The molecule has 0 aliphatic carbocycles. The molecule has 0 unspecified atom stereocenters. The number of primary amides is 1. The predicted octanol–water partition coefficient (Wildman–Crippen LogP) is -0.832. The van der Waals surface area contributed by atoms with Crippen molar-refractivity contribution in [3.05, 3.63) is 59.2 Å². The van der Waals surface area contributed by atoms with Crippen molar-refractivity contribution >= 4 is 11.8 Å². The third-order valence-corrected chi connectivity index (χ3v) is 7.94. The number of nitrogens with one attached hydrogen (secondary N) is 2. The summed E-state index contributed by atoms with van der Waals surface area (Å²) in [5, 5.41) is 44.3. The SMILES string of the molecule is Cc1ccccc1C[C@@H](CNCC1CCN(C(=O)CCNC[C@H](O)[C@@H](O)[C@H](O)CO)CC1)Cc1nccnc1C(N)=O. The molecule has 1 saturated heterocycles. The summed E-state index contributed by atoms with van der Waals surface area (Å²) in [5.74, 6) is 0.0825. The molecule has 1 aliphatic rings. The average Bonchev–Trinajstić information content (AvgIpc) is 2.99. The first-order chi connectivity index (χ1) is 20.2. The molecule has 0 spiro atoms. The van der Waals surface area contributed by atoms with Crippen LogP contribution in [0.15, 0.2) is 36.7 Å². The lowest BCUT2D eigenvalue weighted by Crippen LogP contribution is -2.45. The van der Waals surface area contributed by atoms with E-state index in [0.29, 0.717) is 37.7 Å². The number of aliphatic hydroxyl groups excluding tert-OH is 4. The highest BCUT2D eigenvalue weighted by atomic mass is 16.4. The maximum atomic E-state index is 12.6. The number of nitrogens with zero attached hydrogens (tertiary/aromatic N) is 3. The summed E-state index contributed by atoms with van der Waals surface area (Å²) in [4.78, 5) is 34.9. The number of nitrogens with two attached hydrogens (primary N) is 1. The molecule has 0 radical (unpaired) electrons. The molecule has 8 N–H and O–H groups in total. The van der Waals surface area contributed by atoms with Crippen LogP contribution in [0.2, 0.25) is 0 Å². The summed E-state index contributed by atoms with van der Waals surface area (Å²) in [6, 6.07) is 8.29. The highest BCUT2D eigenvalue weighted by Crippen LogP contribution is 2.20. The summed E-state index contributed by atoms with van der Waals surface area (Å²) in [6.45, 7) is 4.74. The van der Waals surface area contributed by atoms with Crippen LogP contribution in [0, 0.1) is 18.8 Å². The number of piperidine rings is 1. The van der Waals surface area contributed by atoms with Crippen molar-refractivity contribution in [2.75, 3.05) is 45.9 Å². The Morgan fingerprint density at radius 1 is 1.02 bits per heavy atom. The van der Waals surface area contributed by atoms with Crippen LogP contribution in [0.1, 0.15) is 46.6 Å². The fourth-order valence-electron chi connectivity index (χ4n) is 5.33. The number of amides is 2. The van der Waals surface area contributed by atoms with E-state index in [1.807, 2.05) is 17.0 Å². The molecular formula is C30H46N6O6. The van der Waals surface area contributed by atoms with Crippen molar-refractivity contribution in [3.8, 4) is 0 Å². The lowest BCUT2D eigenvalue weighted by molar-refractivity contribution is -0.132. The van der Waals surface area contributed by atoms with Gasteiger partial charge in [0.05, 0.1) is 18.4 Å². The minimum Gasteiger partial charge on any atom is -0.394 e. The molecule has 0 bridgehead atoms. The number of benzene rings is 1. The molecule has 3 rings (SSSR count). The second-order valence-corrected chi connectivity index (χ2v) is 11.2. The van der Waals surface area contributed by atoms with Crippen molar-refractivity contribution in [1.82, 2.24) is 25.5 Å². The normalized spacial score (nSPS) is 17.0. The smallest absolute Gasteiger partial charge is 0.269 e. The Balaban J connectivity index is 1.43. The number of carbonyl (C=O) groups excluding carboxylic acids is 2. The molecule has 2 amide bonds. The van der Waals surface area contributed by atoms with Gasteiger partial charge in [-0.05, 0) is 68.7 Å². The van der Waals surface area contributed by atoms with Gasteiger partial charge in [-0.3, -0.25) is 14.6 Å². The fourth-order valence-corrected chi connectivity index (χ4v) is 5.33. The van der Waals surface area contributed by atoms with Crippen molar-refractivity contribution < 1.29 is 30.0 Å². The van der Waals surface area contributed by atoms with Crippen LogP contribution in [0.5, 0.6) is 0 Å². The molecule has 1 aliphatic heterocycles. The summed E-state index contributed by atoms with van der Waals surface area (Å²) >= 11 is 0. The molecule has 1 aromatic carbocycles. The topological polar surface area (TPSA) is 194 Å². The maximum Gasteiger partial charge on any atom is 0.269 e. The van der Waals surface area contributed by atoms with E-state index in [0.717, 1.165) is 32.4 Å². The number of aromatic nitrogens is 2. The van der Waals surface area contributed by atoms with Crippen LogP contribution < -0.4 is 16.4 Å². The summed E-state index contributed by atoms with van der Waals surface area (Å²) in [7, 11) is 0. The van der Waals surface area contributed by atoms with E-state index >= 15 is 0 Å². The van der Waals surface area contributed by atoms with E-state index in [-0.39, 0.29) is 30.5 Å². The molecule has 12 heteroatoms. The number of hydrogen-bond donors (Lipinski definition) is 7. The molecule has 1 fully saturated rings. The number of likely N-dealkylation sites (tertiary alicyclic amines) is 1. The third-order valence-electron chi connectivity index (χ3n) is 7.94. The van der Waals surface area contributed by atoms with Crippen LogP contribution in [-0.2, 0) is 17.6 Å². The quantitative estimate of drug-likeness (QED) is 0.115. The Labute approximate surface area is 247 Å². The van der Waals surface area contributed by atoms with Gasteiger partial charge in [0.25, 0.3) is 5.91 Å². The number of rotatable bonds is 17. The van der Waals surface area contributed by atoms with Gasteiger partial charge in [0, 0.05) is 45.0 Å². The largest absolute Gasteiger partial charge is 0.394 e. The molecule has 12 nitrogen and oxygen atoms in total. The van der Waals surface area contributed by atoms with Crippen LogP contribution in [0.25, 0.3) is 0 Å². The van der Waals surface area contributed by atoms with Crippen molar-refractivity contribution in [2.45, 2.75) is 57.3 Å². The van der Waals surface area contributed by atoms with Crippen LogP contribution in [0.4, 0.5) is 0 Å². The van der Waals surface area contributed by atoms with E-state index in [9.17, 15) is 24.9 Å². The molecule has 2 heterocycles. The number of aryl methyl sites for hydroxylation is 1. The second-order valence-electron chi connectivity index (χ2n) is 11.2. The Morgan fingerprint density at radius 2 is 1.74 bits per heavy atom. The number of aliphatic hydroxyl groups is 4. The van der Waals surface area contributed by atoms with Crippen molar-refractivity contribution in [3.63, 3.8) is 0 Å². The lowest BCUT2D eigenvalue weighted by atomic mass is 9.91. The van der Waals surface area contributed by atoms with Gasteiger partial charge >= 0.3 is 0 Å². The zero-order valence-electron chi connectivity index (χ0n) is 24.4. The van der Waals surface area contributed by atoms with Gasteiger partial charge in [-0.2, -0.15) is 0 Å². The lowest BCUT2D eigenvalue weighted by Gasteiger charge is -2.32. The number of hydrogen-bond acceptors (Lipinski definition) is 10. The van der Waals surface area contributed by atoms with E-state index in [1.54, 1.807) is 6.20 Å². The molecule has 4 atom stereocenters. The molecular weight excluding hydrogens is 540 g/mol. The summed E-state index contributed by atoms with van der Waals surface area (Å²) in [6.07, 6.45) is 2.42. The molecule has 0 saturated carbocycles. The van der Waals surface area contributed by atoms with Gasteiger partial charge in [0.15, 0.2) is 0 Å². The maximum absolute atomic E-state index is 12.6. The first-order valence-corrected chi connectivity index (χ1v) is 14.7. The van der Waals surface area contributed by atoms with Gasteiger partial charge in [-0.15, -0.1) is 0 Å². The van der Waals surface area contributed by atoms with E-state index < -0.39 is 30.8 Å². The fraction of sp³-hybridized carbons (Fsp3) is 0.600. The van der Waals surface area contributed by atoms with Crippen LogP contribution in [-0.4, -0.2) is 111 Å². The zero-order valence-corrected chi connectivity index (χ0v) is 24.4. The molecule has 2 aromatic rings. The number of carbonyl (C=O) groups is 2. The molecule has 1 aromatic heterocycles. The first kappa shape index (κ1) is 33.5. The first-order valence-electron chi connectivity index (χ1n) is 14.7. The van der Waals surface area contributed by atoms with Crippen molar-refractivity contribution in [2.24, 2.45) is 17.6 Å². The molecule has 232 valence electrons. The Kier molecular flexibility index (Phi) is 13.7. The zero-order chi connectivity index (χ0) is 30.5. The third kappa shape index (κ3) is 10.4.